The Balaban J connectivity index is 1.65. The highest BCUT2D eigenvalue weighted by Crippen LogP contribution is 2.62. The summed E-state index contributed by atoms with van der Waals surface area (Å²) in [5.74, 6) is 0. The summed E-state index contributed by atoms with van der Waals surface area (Å²) >= 11 is 0. The van der Waals surface area contributed by atoms with E-state index < -0.39 is 7.14 Å². The number of nitrogens with zero attached hydrogens (tertiary/aromatic N) is 2. The lowest BCUT2D eigenvalue weighted by atomic mass is 9.78. The lowest BCUT2D eigenvalue weighted by Crippen LogP contribution is -2.37. The highest BCUT2D eigenvalue weighted by Gasteiger charge is 2.48. The van der Waals surface area contributed by atoms with Gasteiger partial charge in [0.25, 0.3) is 0 Å². The minimum absolute atomic E-state index is 0.0323. The minimum atomic E-state index is -3.18. The highest BCUT2D eigenvalue weighted by molar-refractivity contribution is 7.82. The number of fused-ring (bicyclic) bond motifs is 6. The van der Waals surface area contributed by atoms with Gasteiger partial charge in [-0.25, -0.2) is 0 Å². The highest BCUT2D eigenvalue weighted by atomic mass is 31.2. The first kappa shape index (κ1) is 22.9. The summed E-state index contributed by atoms with van der Waals surface area (Å²) in [5.41, 5.74) is 6.98. The largest absolute Gasteiger partial charge is 0.354 e. The van der Waals surface area contributed by atoms with Gasteiger partial charge in [-0.3, -0.25) is 0 Å². The molecule has 0 fully saturated rings. The van der Waals surface area contributed by atoms with Gasteiger partial charge in [-0.2, -0.15) is 0 Å². The van der Waals surface area contributed by atoms with Crippen LogP contribution >= 0.6 is 7.14 Å². The number of para-hydroxylation sites is 1. The molecule has 2 heterocycles. The number of hydrogen-bond donors (Lipinski definition) is 0. The SMILES string of the molecule is CN1C=C(P(=O)(c2ccccc2)c2ccccc2)N2c3ccccc3-c3cccc(C(C)(C)C)c3C12. The van der Waals surface area contributed by atoms with Crippen molar-refractivity contribution in [3.63, 3.8) is 0 Å². The number of hydrogen-bond acceptors (Lipinski definition) is 3. The van der Waals surface area contributed by atoms with Gasteiger partial charge in [0.15, 0.2) is 7.14 Å². The molecule has 4 aromatic rings. The maximum atomic E-state index is 15.5. The zero-order valence-electron chi connectivity index (χ0n) is 21.2. The Labute approximate surface area is 214 Å². The summed E-state index contributed by atoms with van der Waals surface area (Å²) in [6.07, 6.45) is 2.05. The summed E-state index contributed by atoms with van der Waals surface area (Å²) in [7, 11) is -1.06. The maximum absolute atomic E-state index is 15.5. The second-order valence-electron chi connectivity index (χ2n) is 10.7. The average Bonchev–Trinajstić information content (AvgIpc) is 3.26. The molecule has 0 bridgehead atoms. The maximum Gasteiger partial charge on any atom is 0.188 e. The summed E-state index contributed by atoms with van der Waals surface area (Å²) in [5, 5.41) is 1.70. The van der Waals surface area contributed by atoms with E-state index in [0.717, 1.165) is 21.7 Å². The molecule has 0 amide bonds. The molecule has 4 heteroatoms. The van der Waals surface area contributed by atoms with E-state index in [1.54, 1.807) is 0 Å². The normalized spacial score (nSPS) is 16.8. The molecule has 180 valence electrons. The second-order valence-corrected chi connectivity index (χ2v) is 13.4. The van der Waals surface area contributed by atoms with Crippen LogP contribution in [0.1, 0.15) is 38.1 Å². The van der Waals surface area contributed by atoms with Crippen LogP contribution in [0.2, 0.25) is 0 Å². The first-order valence-corrected chi connectivity index (χ1v) is 14.2. The third-order valence-corrected chi connectivity index (χ3v) is 10.4. The van der Waals surface area contributed by atoms with Gasteiger partial charge in [-0.15, -0.1) is 0 Å². The van der Waals surface area contributed by atoms with Crippen molar-refractivity contribution in [1.29, 1.82) is 0 Å². The topological polar surface area (TPSA) is 23.6 Å². The smallest absolute Gasteiger partial charge is 0.188 e. The van der Waals surface area contributed by atoms with Crippen LogP contribution in [0.5, 0.6) is 0 Å². The predicted octanol–water partition coefficient (Wildman–Crippen LogP) is 7.23. The molecule has 0 saturated carbocycles. The molecular weight excluding hydrogens is 459 g/mol. The molecule has 1 atom stereocenters. The molecule has 36 heavy (non-hydrogen) atoms. The van der Waals surface area contributed by atoms with E-state index in [4.69, 9.17) is 0 Å². The molecule has 0 aromatic heterocycles. The van der Waals surface area contributed by atoms with Gasteiger partial charge < -0.3 is 14.4 Å². The van der Waals surface area contributed by atoms with Crippen molar-refractivity contribution in [3.05, 3.63) is 126 Å². The van der Waals surface area contributed by atoms with Crippen LogP contribution in [-0.4, -0.2) is 11.9 Å². The van der Waals surface area contributed by atoms with E-state index in [1.807, 2.05) is 60.7 Å². The Bertz CT molecular complexity index is 1480. The molecule has 2 aliphatic heterocycles. The Hall–Kier alpha value is -3.55. The predicted molar refractivity (Wildman–Crippen MR) is 151 cm³/mol. The van der Waals surface area contributed by atoms with E-state index >= 15 is 4.57 Å². The van der Waals surface area contributed by atoms with Gasteiger partial charge >= 0.3 is 0 Å². The standard InChI is InChI=1S/C32H31N2OP/c1-32(2,3)27-20-13-19-26-25-18-11-12-21-28(25)34-29(22-33(4)31(34)30(26)27)36(35,23-14-7-5-8-15-23)24-16-9-6-10-17-24/h5-22,31H,1-4H3. The van der Waals surface area contributed by atoms with Crippen molar-refractivity contribution in [2.75, 3.05) is 11.9 Å². The monoisotopic (exact) mass is 490 g/mol. The molecule has 0 aliphatic carbocycles. The zero-order chi connectivity index (χ0) is 25.1. The number of rotatable bonds is 3. The molecule has 0 saturated heterocycles. The van der Waals surface area contributed by atoms with E-state index in [0.29, 0.717) is 0 Å². The quantitative estimate of drug-likeness (QED) is 0.283. The van der Waals surface area contributed by atoms with Crippen LogP contribution in [0.25, 0.3) is 11.1 Å². The van der Waals surface area contributed by atoms with E-state index in [2.05, 4.69) is 86.3 Å². The molecule has 4 aromatic carbocycles. The summed E-state index contributed by atoms with van der Waals surface area (Å²) < 4.78 is 15.5. The van der Waals surface area contributed by atoms with Crippen molar-refractivity contribution < 1.29 is 4.57 Å². The third-order valence-electron chi connectivity index (χ3n) is 7.38. The number of benzene rings is 4. The fourth-order valence-electron chi connectivity index (χ4n) is 5.78. The Morgan fingerprint density at radius 3 is 1.86 bits per heavy atom. The van der Waals surface area contributed by atoms with Crippen molar-refractivity contribution in [3.8, 4) is 11.1 Å². The van der Waals surface area contributed by atoms with Crippen molar-refractivity contribution in [2.24, 2.45) is 0 Å². The summed E-state index contributed by atoms with van der Waals surface area (Å²) in [6.45, 7) is 6.82. The van der Waals surface area contributed by atoms with Gasteiger partial charge in [-0.05, 0) is 22.6 Å². The summed E-state index contributed by atoms with van der Waals surface area (Å²) in [4.78, 5) is 4.59. The third kappa shape index (κ3) is 3.30. The van der Waals surface area contributed by atoms with E-state index in [-0.39, 0.29) is 11.6 Å². The molecular formula is C32H31N2OP. The number of anilines is 1. The zero-order valence-corrected chi connectivity index (χ0v) is 22.1. The van der Waals surface area contributed by atoms with Crippen molar-refractivity contribution in [2.45, 2.75) is 32.4 Å². The first-order valence-electron chi connectivity index (χ1n) is 12.5. The van der Waals surface area contributed by atoms with Crippen LogP contribution in [0.4, 0.5) is 5.69 Å². The Morgan fingerprint density at radius 1 is 0.694 bits per heavy atom. The van der Waals surface area contributed by atoms with Gasteiger partial charge in [0.1, 0.15) is 11.6 Å². The Morgan fingerprint density at radius 2 is 1.25 bits per heavy atom. The Kier molecular flexibility index (Phi) is 5.24. The average molecular weight is 491 g/mol. The molecule has 0 radical (unpaired) electrons. The second kappa shape index (κ2) is 8.25. The molecule has 6 rings (SSSR count). The van der Waals surface area contributed by atoms with E-state index in [9.17, 15) is 0 Å². The van der Waals surface area contributed by atoms with Crippen LogP contribution in [0.15, 0.2) is 115 Å². The first-order chi connectivity index (χ1) is 17.3. The van der Waals surface area contributed by atoms with Crippen molar-refractivity contribution >= 4 is 23.4 Å². The fraction of sp³-hybridized carbons (Fsp3) is 0.188. The van der Waals surface area contributed by atoms with Crippen LogP contribution in [0, 0.1) is 0 Å². The minimum Gasteiger partial charge on any atom is -0.354 e. The van der Waals surface area contributed by atoms with Gasteiger partial charge in [0.05, 0.1) is 5.69 Å². The molecule has 1 unspecified atom stereocenters. The van der Waals surface area contributed by atoms with Crippen LogP contribution in [0.3, 0.4) is 0 Å². The lowest BCUT2D eigenvalue weighted by molar-refractivity contribution is 0.360. The van der Waals surface area contributed by atoms with Gasteiger partial charge in [0, 0.05) is 35.0 Å². The van der Waals surface area contributed by atoms with E-state index in [1.165, 1.54) is 22.3 Å². The van der Waals surface area contributed by atoms with Crippen LogP contribution in [-0.2, 0) is 9.98 Å². The molecule has 3 nitrogen and oxygen atoms in total. The van der Waals surface area contributed by atoms with Gasteiger partial charge in [0.2, 0.25) is 0 Å². The van der Waals surface area contributed by atoms with Crippen LogP contribution < -0.4 is 15.5 Å². The fourth-order valence-corrected chi connectivity index (χ4v) is 8.65. The molecule has 0 spiro atoms. The van der Waals surface area contributed by atoms with Gasteiger partial charge in [-0.1, -0.05) is 118 Å². The lowest BCUT2D eigenvalue weighted by Gasteiger charge is -2.43. The van der Waals surface area contributed by atoms with Crippen molar-refractivity contribution in [1.82, 2.24) is 4.90 Å². The molecule has 2 aliphatic rings. The molecule has 0 N–H and O–H groups in total. The summed E-state index contributed by atoms with van der Waals surface area (Å²) in [6, 6.07) is 35.2.